The number of nitrogens with two attached hydrogens (primary N) is 1. The van der Waals surface area contributed by atoms with Crippen molar-refractivity contribution < 1.29 is 4.79 Å². The van der Waals surface area contributed by atoms with Gasteiger partial charge in [0.25, 0.3) is 5.91 Å². The Labute approximate surface area is 115 Å². The smallest absolute Gasteiger partial charge is 0.252 e. The molecule has 0 unspecified atom stereocenters. The third-order valence-electron chi connectivity index (χ3n) is 2.40. The van der Waals surface area contributed by atoms with Gasteiger partial charge in [-0.25, -0.2) is 0 Å². The highest BCUT2D eigenvalue weighted by atomic mass is 32.1. The molecule has 2 aromatic rings. The molecule has 0 fully saturated rings. The minimum absolute atomic E-state index is 0.143. The number of aromatic nitrogens is 1. The van der Waals surface area contributed by atoms with Crippen LogP contribution in [0.25, 0.3) is 0 Å². The van der Waals surface area contributed by atoms with Crippen molar-refractivity contribution in [1.29, 1.82) is 0 Å². The standard InChI is InChI=1S/C14H13N3OS/c15-7-3-5-11-4-1-2-6-13(11)14(18)17-9-12-8-16-10-19-12/h1-2,4,6,8,10H,7,9,15H2,(H,17,18). The predicted octanol–water partition coefficient (Wildman–Crippen LogP) is 1.38. The lowest BCUT2D eigenvalue weighted by Gasteiger charge is -2.05. The number of amides is 1. The molecular formula is C14H13N3OS. The van der Waals surface area contributed by atoms with Crippen LogP contribution in [-0.4, -0.2) is 17.4 Å². The summed E-state index contributed by atoms with van der Waals surface area (Å²) in [7, 11) is 0. The predicted molar refractivity (Wildman–Crippen MR) is 75.7 cm³/mol. The molecule has 2 rings (SSSR count). The molecule has 4 nitrogen and oxygen atoms in total. The van der Waals surface area contributed by atoms with Crippen LogP contribution < -0.4 is 11.1 Å². The molecule has 1 aromatic heterocycles. The summed E-state index contributed by atoms with van der Waals surface area (Å²) in [5, 5.41) is 2.85. The number of hydrogen-bond acceptors (Lipinski definition) is 4. The van der Waals surface area contributed by atoms with E-state index in [1.54, 1.807) is 17.8 Å². The lowest BCUT2D eigenvalue weighted by Crippen LogP contribution is -2.23. The minimum Gasteiger partial charge on any atom is -0.347 e. The summed E-state index contributed by atoms with van der Waals surface area (Å²) in [6.07, 6.45) is 1.74. The quantitative estimate of drug-likeness (QED) is 0.829. The maximum Gasteiger partial charge on any atom is 0.252 e. The van der Waals surface area contributed by atoms with E-state index in [0.717, 1.165) is 4.88 Å². The molecule has 96 valence electrons. The Bertz CT molecular complexity index is 611. The average Bonchev–Trinajstić information content (AvgIpc) is 2.96. The van der Waals surface area contributed by atoms with Crippen LogP contribution in [0.3, 0.4) is 0 Å². The number of hydrogen-bond donors (Lipinski definition) is 2. The highest BCUT2D eigenvalue weighted by Gasteiger charge is 2.09. The fraction of sp³-hybridized carbons (Fsp3) is 0.143. The molecule has 0 aliphatic rings. The summed E-state index contributed by atoms with van der Waals surface area (Å²) in [6, 6.07) is 7.22. The van der Waals surface area contributed by atoms with Crippen molar-refractivity contribution in [1.82, 2.24) is 10.3 Å². The van der Waals surface area contributed by atoms with Gasteiger partial charge in [0, 0.05) is 16.6 Å². The van der Waals surface area contributed by atoms with E-state index < -0.39 is 0 Å². The van der Waals surface area contributed by atoms with Crippen molar-refractivity contribution in [2.24, 2.45) is 5.73 Å². The molecule has 0 aliphatic heterocycles. The number of carbonyl (C=O) groups excluding carboxylic acids is 1. The Hall–Kier alpha value is -2.16. The first-order chi connectivity index (χ1) is 9.31. The van der Waals surface area contributed by atoms with Crippen molar-refractivity contribution in [3.05, 3.63) is 52.0 Å². The van der Waals surface area contributed by atoms with Gasteiger partial charge in [0.1, 0.15) is 0 Å². The third kappa shape index (κ3) is 3.65. The van der Waals surface area contributed by atoms with E-state index in [1.807, 2.05) is 18.2 Å². The molecule has 19 heavy (non-hydrogen) atoms. The van der Waals surface area contributed by atoms with Gasteiger partial charge >= 0.3 is 0 Å². The Morgan fingerprint density at radius 3 is 3.00 bits per heavy atom. The van der Waals surface area contributed by atoms with Crippen molar-refractivity contribution in [2.75, 3.05) is 6.54 Å². The van der Waals surface area contributed by atoms with Gasteiger partial charge in [0.05, 0.1) is 24.2 Å². The molecule has 0 radical (unpaired) electrons. The highest BCUT2D eigenvalue weighted by Crippen LogP contribution is 2.09. The van der Waals surface area contributed by atoms with E-state index in [2.05, 4.69) is 22.1 Å². The Kier molecular flexibility index (Phi) is 4.67. The van der Waals surface area contributed by atoms with Gasteiger partial charge in [-0.15, -0.1) is 11.3 Å². The van der Waals surface area contributed by atoms with Gasteiger partial charge in [-0.2, -0.15) is 0 Å². The topological polar surface area (TPSA) is 68.0 Å². The number of nitrogens with one attached hydrogen (secondary N) is 1. The number of thiazole rings is 1. The molecule has 1 amide bonds. The van der Waals surface area contributed by atoms with E-state index in [0.29, 0.717) is 17.7 Å². The van der Waals surface area contributed by atoms with Crippen molar-refractivity contribution in [2.45, 2.75) is 6.54 Å². The van der Waals surface area contributed by atoms with Crippen LogP contribution in [0.15, 0.2) is 36.0 Å². The molecule has 3 N–H and O–H groups in total. The lowest BCUT2D eigenvalue weighted by atomic mass is 10.1. The summed E-state index contributed by atoms with van der Waals surface area (Å²) in [6.45, 7) is 0.749. The summed E-state index contributed by atoms with van der Waals surface area (Å²) >= 11 is 1.51. The largest absolute Gasteiger partial charge is 0.347 e. The van der Waals surface area contributed by atoms with E-state index >= 15 is 0 Å². The normalized spacial score (nSPS) is 9.53. The van der Waals surface area contributed by atoms with Crippen LogP contribution in [-0.2, 0) is 6.54 Å². The number of rotatable bonds is 3. The Morgan fingerprint density at radius 2 is 2.26 bits per heavy atom. The molecule has 0 atom stereocenters. The molecule has 0 spiro atoms. The first kappa shape index (κ1) is 13.3. The number of nitrogens with zero attached hydrogens (tertiary/aromatic N) is 1. The maximum absolute atomic E-state index is 12.1. The molecule has 0 saturated carbocycles. The molecule has 5 heteroatoms. The maximum atomic E-state index is 12.1. The minimum atomic E-state index is -0.143. The zero-order valence-corrected chi connectivity index (χ0v) is 11.0. The molecule has 0 bridgehead atoms. The second-order valence-corrected chi connectivity index (χ2v) is 4.67. The van der Waals surface area contributed by atoms with Crippen molar-refractivity contribution in [3.8, 4) is 11.8 Å². The summed E-state index contributed by atoms with van der Waals surface area (Å²) < 4.78 is 0. The summed E-state index contributed by atoms with van der Waals surface area (Å²) in [5.74, 6) is 5.52. The van der Waals surface area contributed by atoms with Gasteiger partial charge in [-0.1, -0.05) is 24.0 Å². The Balaban J connectivity index is 2.10. The van der Waals surface area contributed by atoms with Crippen LogP contribution in [0.2, 0.25) is 0 Å². The third-order valence-corrected chi connectivity index (χ3v) is 3.18. The monoisotopic (exact) mass is 271 g/mol. The van der Waals surface area contributed by atoms with Gasteiger partial charge in [0.2, 0.25) is 0 Å². The van der Waals surface area contributed by atoms with E-state index in [1.165, 1.54) is 11.3 Å². The number of benzene rings is 1. The summed E-state index contributed by atoms with van der Waals surface area (Å²) in [5.41, 5.74) is 8.34. The van der Waals surface area contributed by atoms with Crippen molar-refractivity contribution in [3.63, 3.8) is 0 Å². The first-order valence-electron chi connectivity index (χ1n) is 5.75. The fourth-order valence-electron chi connectivity index (χ4n) is 1.53. The molecule has 1 heterocycles. The van der Waals surface area contributed by atoms with Crippen LogP contribution in [0.5, 0.6) is 0 Å². The number of carbonyl (C=O) groups is 1. The van der Waals surface area contributed by atoms with Gasteiger partial charge in [-0.3, -0.25) is 9.78 Å². The second kappa shape index (κ2) is 6.69. The zero-order valence-electron chi connectivity index (χ0n) is 10.2. The second-order valence-electron chi connectivity index (χ2n) is 3.70. The molecule has 0 aliphatic carbocycles. The van der Waals surface area contributed by atoms with E-state index in [9.17, 15) is 4.79 Å². The van der Waals surface area contributed by atoms with Crippen LogP contribution in [0, 0.1) is 11.8 Å². The SMILES string of the molecule is NCC#Cc1ccccc1C(=O)NCc1cncs1. The lowest BCUT2D eigenvalue weighted by molar-refractivity contribution is 0.0951. The van der Waals surface area contributed by atoms with Crippen LogP contribution in [0.4, 0.5) is 0 Å². The molecule has 0 saturated heterocycles. The highest BCUT2D eigenvalue weighted by molar-refractivity contribution is 7.09. The van der Waals surface area contributed by atoms with Crippen LogP contribution in [0.1, 0.15) is 20.8 Å². The van der Waals surface area contributed by atoms with Gasteiger partial charge in [-0.05, 0) is 12.1 Å². The molecular weight excluding hydrogens is 258 g/mol. The van der Waals surface area contributed by atoms with E-state index in [4.69, 9.17) is 5.73 Å². The van der Waals surface area contributed by atoms with Crippen molar-refractivity contribution >= 4 is 17.2 Å². The fourth-order valence-corrected chi connectivity index (χ4v) is 2.06. The first-order valence-corrected chi connectivity index (χ1v) is 6.62. The van der Waals surface area contributed by atoms with Gasteiger partial charge < -0.3 is 11.1 Å². The molecule has 1 aromatic carbocycles. The van der Waals surface area contributed by atoms with E-state index in [-0.39, 0.29) is 12.5 Å². The Morgan fingerprint density at radius 1 is 1.42 bits per heavy atom. The zero-order chi connectivity index (χ0) is 13.5. The average molecular weight is 271 g/mol. The summed E-state index contributed by atoms with van der Waals surface area (Å²) in [4.78, 5) is 17.1. The van der Waals surface area contributed by atoms with Crippen LogP contribution >= 0.6 is 11.3 Å². The van der Waals surface area contributed by atoms with Gasteiger partial charge in [0.15, 0.2) is 0 Å².